The molecule has 1 heterocycles. The van der Waals surface area contributed by atoms with Gasteiger partial charge in [0.2, 0.25) is 0 Å². The number of halogens is 1. The van der Waals surface area contributed by atoms with Crippen molar-refractivity contribution in [2.45, 2.75) is 19.4 Å². The minimum absolute atomic E-state index is 0.244. The lowest BCUT2D eigenvalue weighted by atomic mass is 10.0. The molecule has 1 aromatic heterocycles. The topological polar surface area (TPSA) is 21.3 Å². The third-order valence-corrected chi connectivity index (χ3v) is 4.31. The zero-order valence-electron chi connectivity index (χ0n) is 11.2. The number of nitrogens with one attached hydrogen (secondary N) is 1. The number of hydrogen-bond acceptors (Lipinski definition) is 3. The van der Waals surface area contributed by atoms with E-state index < -0.39 is 0 Å². The number of benzene rings is 1. The van der Waals surface area contributed by atoms with Gasteiger partial charge in [-0.2, -0.15) is 11.3 Å². The Bertz CT molecular complexity index is 513. The molecule has 1 aromatic carbocycles. The lowest BCUT2D eigenvalue weighted by molar-refractivity contribution is 0.411. The molecule has 0 saturated heterocycles. The van der Waals surface area contributed by atoms with E-state index in [2.05, 4.69) is 57.1 Å². The maximum absolute atomic E-state index is 5.29. The number of thiophene rings is 1. The molecule has 1 unspecified atom stereocenters. The Balaban J connectivity index is 2.30. The van der Waals surface area contributed by atoms with Crippen LogP contribution in [0.4, 0.5) is 0 Å². The average Bonchev–Trinajstić information content (AvgIpc) is 2.93. The van der Waals surface area contributed by atoms with Crippen LogP contribution >= 0.6 is 27.3 Å². The van der Waals surface area contributed by atoms with Crippen LogP contribution in [0, 0.1) is 0 Å². The van der Waals surface area contributed by atoms with Gasteiger partial charge in [0.05, 0.1) is 17.6 Å². The Morgan fingerprint density at radius 1 is 1.32 bits per heavy atom. The summed E-state index contributed by atoms with van der Waals surface area (Å²) >= 11 is 5.29. The largest absolute Gasteiger partial charge is 0.496 e. The van der Waals surface area contributed by atoms with Crippen LogP contribution in [0.15, 0.2) is 39.5 Å². The molecule has 0 amide bonds. The van der Waals surface area contributed by atoms with Crippen molar-refractivity contribution < 1.29 is 4.74 Å². The van der Waals surface area contributed by atoms with Crippen molar-refractivity contribution in [3.63, 3.8) is 0 Å². The highest BCUT2D eigenvalue weighted by molar-refractivity contribution is 9.10. The first kappa shape index (κ1) is 14.6. The summed E-state index contributed by atoms with van der Waals surface area (Å²) in [4.78, 5) is 0. The zero-order valence-corrected chi connectivity index (χ0v) is 13.6. The van der Waals surface area contributed by atoms with Crippen molar-refractivity contribution >= 4 is 27.3 Å². The van der Waals surface area contributed by atoms with E-state index in [1.807, 2.05) is 6.07 Å². The van der Waals surface area contributed by atoms with Crippen molar-refractivity contribution in [3.05, 3.63) is 50.6 Å². The Kier molecular flexibility index (Phi) is 5.43. The number of rotatable bonds is 6. The lowest BCUT2D eigenvalue weighted by Gasteiger charge is -2.19. The summed E-state index contributed by atoms with van der Waals surface area (Å²) in [7, 11) is 1.69. The fraction of sp³-hybridized carbons (Fsp3) is 0.333. The molecular weight excluding hydrogens is 322 g/mol. The van der Waals surface area contributed by atoms with Gasteiger partial charge in [0, 0.05) is 0 Å². The molecule has 1 N–H and O–H groups in total. The van der Waals surface area contributed by atoms with Crippen molar-refractivity contribution in [2.24, 2.45) is 0 Å². The van der Waals surface area contributed by atoms with E-state index in [0.29, 0.717) is 0 Å². The Labute approximate surface area is 126 Å². The second-order valence-corrected chi connectivity index (χ2v) is 5.97. The normalized spacial score (nSPS) is 12.4. The first-order valence-corrected chi connectivity index (χ1v) is 8.08. The van der Waals surface area contributed by atoms with E-state index in [9.17, 15) is 0 Å². The molecule has 0 radical (unpaired) electrons. The van der Waals surface area contributed by atoms with Gasteiger partial charge < -0.3 is 10.1 Å². The Morgan fingerprint density at radius 3 is 2.74 bits per heavy atom. The molecule has 0 saturated carbocycles. The summed E-state index contributed by atoms with van der Waals surface area (Å²) < 4.78 is 6.28. The quantitative estimate of drug-likeness (QED) is 0.829. The van der Waals surface area contributed by atoms with Crippen LogP contribution in [-0.2, 0) is 0 Å². The first-order valence-electron chi connectivity index (χ1n) is 6.35. The van der Waals surface area contributed by atoms with E-state index in [-0.39, 0.29) is 6.04 Å². The molecule has 0 aliphatic carbocycles. The summed E-state index contributed by atoms with van der Waals surface area (Å²) in [6.45, 7) is 3.19. The number of ether oxygens (including phenoxy) is 1. The average molecular weight is 340 g/mol. The molecule has 0 fully saturated rings. The van der Waals surface area contributed by atoms with Gasteiger partial charge in [0.25, 0.3) is 0 Å². The predicted octanol–water partition coefficient (Wildman–Crippen LogP) is 4.61. The summed E-state index contributed by atoms with van der Waals surface area (Å²) in [5.41, 5.74) is 2.56. The van der Waals surface area contributed by atoms with Gasteiger partial charge in [-0.3, -0.25) is 0 Å². The molecule has 0 aliphatic heterocycles. The van der Waals surface area contributed by atoms with Crippen LogP contribution in [0.3, 0.4) is 0 Å². The lowest BCUT2D eigenvalue weighted by Crippen LogP contribution is -2.22. The van der Waals surface area contributed by atoms with E-state index in [4.69, 9.17) is 4.74 Å². The molecule has 4 heteroatoms. The molecular formula is C15H18BrNOS. The van der Waals surface area contributed by atoms with Gasteiger partial charge >= 0.3 is 0 Å². The molecule has 1 atom stereocenters. The molecule has 19 heavy (non-hydrogen) atoms. The molecule has 0 spiro atoms. The highest BCUT2D eigenvalue weighted by Gasteiger charge is 2.15. The zero-order chi connectivity index (χ0) is 13.7. The smallest absolute Gasteiger partial charge is 0.133 e. The van der Waals surface area contributed by atoms with Crippen molar-refractivity contribution in [1.29, 1.82) is 0 Å². The van der Waals surface area contributed by atoms with Crippen molar-refractivity contribution in [2.75, 3.05) is 13.7 Å². The summed E-state index contributed by atoms with van der Waals surface area (Å²) in [6.07, 6.45) is 1.12. The van der Waals surface area contributed by atoms with Gasteiger partial charge in [-0.25, -0.2) is 0 Å². The maximum atomic E-state index is 5.29. The van der Waals surface area contributed by atoms with Crippen molar-refractivity contribution in [1.82, 2.24) is 5.32 Å². The summed E-state index contributed by atoms with van der Waals surface area (Å²) in [5.74, 6) is 0.864. The SMILES string of the molecule is CCCNC(c1ccsc1)c1ccc(OC)c(Br)c1. The molecule has 0 aliphatic rings. The molecule has 2 nitrogen and oxygen atoms in total. The first-order chi connectivity index (χ1) is 9.26. The van der Waals surface area contributed by atoms with Crippen LogP contribution < -0.4 is 10.1 Å². The van der Waals surface area contributed by atoms with Gasteiger partial charge in [0.1, 0.15) is 5.75 Å². The molecule has 0 bridgehead atoms. The van der Waals surface area contributed by atoms with E-state index >= 15 is 0 Å². The van der Waals surface area contributed by atoms with Gasteiger partial charge in [0.15, 0.2) is 0 Å². The second kappa shape index (κ2) is 7.08. The predicted molar refractivity (Wildman–Crippen MR) is 85.1 cm³/mol. The molecule has 102 valence electrons. The monoisotopic (exact) mass is 339 g/mol. The Hall–Kier alpha value is -0.840. The highest BCUT2D eigenvalue weighted by Crippen LogP contribution is 2.31. The molecule has 2 aromatic rings. The van der Waals surface area contributed by atoms with E-state index in [1.165, 1.54) is 11.1 Å². The number of methoxy groups -OCH3 is 1. The highest BCUT2D eigenvalue weighted by atomic mass is 79.9. The van der Waals surface area contributed by atoms with Gasteiger partial charge in [-0.15, -0.1) is 0 Å². The number of hydrogen-bond donors (Lipinski definition) is 1. The van der Waals surface area contributed by atoms with Crippen molar-refractivity contribution in [3.8, 4) is 5.75 Å². The fourth-order valence-electron chi connectivity index (χ4n) is 2.02. The van der Waals surface area contributed by atoms with Gasteiger partial charge in [-0.1, -0.05) is 13.0 Å². The molecule has 2 rings (SSSR count). The standard InChI is InChI=1S/C15H18BrNOS/c1-3-7-17-15(12-6-8-19-10-12)11-4-5-14(18-2)13(16)9-11/h4-6,8-10,15,17H,3,7H2,1-2H3. The Morgan fingerprint density at radius 2 is 2.16 bits per heavy atom. The summed E-state index contributed by atoms with van der Waals surface area (Å²) in [5, 5.41) is 7.92. The van der Waals surface area contributed by atoms with Crippen LogP contribution in [0.2, 0.25) is 0 Å². The third kappa shape index (κ3) is 3.59. The minimum atomic E-state index is 0.244. The fourth-order valence-corrected chi connectivity index (χ4v) is 3.26. The second-order valence-electron chi connectivity index (χ2n) is 4.34. The van der Waals surface area contributed by atoms with Gasteiger partial charge in [-0.05, 0) is 69.0 Å². The van der Waals surface area contributed by atoms with E-state index in [1.54, 1.807) is 18.4 Å². The summed E-state index contributed by atoms with van der Waals surface area (Å²) in [6, 6.07) is 8.68. The third-order valence-electron chi connectivity index (χ3n) is 2.98. The van der Waals surface area contributed by atoms with Crippen LogP contribution in [-0.4, -0.2) is 13.7 Å². The van der Waals surface area contributed by atoms with E-state index in [0.717, 1.165) is 23.2 Å². The van der Waals surface area contributed by atoms with Crippen LogP contribution in [0.25, 0.3) is 0 Å². The minimum Gasteiger partial charge on any atom is -0.496 e. The van der Waals surface area contributed by atoms with Crippen LogP contribution in [0.1, 0.15) is 30.5 Å². The van der Waals surface area contributed by atoms with Crippen LogP contribution in [0.5, 0.6) is 5.75 Å². The maximum Gasteiger partial charge on any atom is 0.133 e.